The third kappa shape index (κ3) is 4.89. The summed E-state index contributed by atoms with van der Waals surface area (Å²) in [5.74, 6) is -2.16. The van der Waals surface area contributed by atoms with Crippen LogP contribution in [0.15, 0.2) is 18.2 Å². The topological polar surface area (TPSA) is 91.7 Å². The number of ether oxygens (including phenoxy) is 1. The minimum absolute atomic E-state index is 0.0744. The molecule has 9 heteroatoms. The van der Waals surface area contributed by atoms with E-state index in [0.29, 0.717) is 17.7 Å². The zero-order chi connectivity index (χ0) is 19.3. The monoisotopic (exact) mass is 402 g/mol. The molecule has 0 amide bonds. The van der Waals surface area contributed by atoms with E-state index in [9.17, 15) is 14.3 Å². The van der Waals surface area contributed by atoms with Gasteiger partial charge in [0.25, 0.3) is 0 Å². The first-order chi connectivity index (χ1) is 12.3. The predicted octanol–water partition coefficient (Wildman–Crippen LogP) is 4.86. The average Bonchev–Trinajstić information content (AvgIpc) is 2.60. The van der Waals surface area contributed by atoms with Gasteiger partial charge < -0.3 is 20.3 Å². The third-order valence-electron chi connectivity index (χ3n) is 3.46. The number of aliphatic carboxylic acids is 1. The molecule has 26 heavy (non-hydrogen) atoms. The molecule has 0 atom stereocenters. The second-order valence-corrected chi connectivity index (χ2v) is 6.21. The van der Waals surface area contributed by atoms with Gasteiger partial charge in [0.05, 0.1) is 0 Å². The van der Waals surface area contributed by atoms with E-state index in [2.05, 4.69) is 10.3 Å². The first-order valence-electron chi connectivity index (χ1n) is 7.83. The number of aryl methyl sites for hydroxylation is 1. The average molecular weight is 403 g/mol. The molecule has 0 aliphatic carbocycles. The van der Waals surface area contributed by atoms with E-state index in [1.165, 1.54) is 12.1 Å². The van der Waals surface area contributed by atoms with Crippen LogP contribution < -0.4 is 10.1 Å². The Morgan fingerprint density at radius 1 is 1.35 bits per heavy atom. The fourth-order valence-electron chi connectivity index (χ4n) is 2.20. The highest BCUT2D eigenvalue weighted by molar-refractivity contribution is 6.38. The molecule has 6 nitrogen and oxygen atoms in total. The molecule has 2 aromatic rings. The quantitative estimate of drug-likeness (QED) is 0.545. The minimum atomic E-state index is -1.17. The summed E-state index contributed by atoms with van der Waals surface area (Å²) in [5, 5.41) is 20.2. The highest BCUT2D eigenvalue weighted by Crippen LogP contribution is 2.42. The van der Waals surface area contributed by atoms with E-state index in [-0.39, 0.29) is 22.3 Å². The van der Waals surface area contributed by atoms with Gasteiger partial charge in [0.1, 0.15) is 28.1 Å². The van der Waals surface area contributed by atoms with Crippen molar-refractivity contribution in [3.8, 4) is 17.2 Å². The summed E-state index contributed by atoms with van der Waals surface area (Å²) in [6.45, 7) is 1.52. The van der Waals surface area contributed by atoms with Gasteiger partial charge in [-0.25, -0.2) is 0 Å². The summed E-state index contributed by atoms with van der Waals surface area (Å²) in [6.07, 6.45) is 2.42. The number of hydrogen-bond donors (Lipinski definition) is 3. The molecule has 1 heterocycles. The molecule has 0 aliphatic heterocycles. The Hall–Kier alpha value is -2.25. The van der Waals surface area contributed by atoms with E-state index in [1.807, 2.05) is 6.92 Å². The number of carboxylic acids is 1. The summed E-state index contributed by atoms with van der Waals surface area (Å²) >= 11 is 12.1. The van der Waals surface area contributed by atoms with Crippen LogP contribution in [0.3, 0.4) is 0 Å². The predicted molar refractivity (Wildman–Crippen MR) is 97.1 cm³/mol. The molecule has 140 valence electrons. The number of phenolic OH excluding ortho intramolecular Hbond substituents is 1. The Morgan fingerprint density at radius 2 is 2.08 bits per heavy atom. The van der Waals surface area contributed by atoms with Crippen LogP contribution in [0.2, 0.25) is 10.0 Å². The van der Waals surface area contributed by atoms with Crippen molar-refractivity contribution in [3.63, 3.8) is 0 Å². The number of rotatable bonds is 8. The molecule has 1 aromatic heterocycles. The van der Waals surface area contributed by atoms with Gasteiger partial charge >= 0.3 is 5.97 Å². The molecule has 0 saturated heterocycles. The van der Waals surface area contributed by atoms with Gasteiger partial charge in [-0.3, -0.25) is 4.79 Å². The number of hydrogen-bond acceptors (Lipinski definition) is 5. The van der Waals surface area contributed by atoms with Crippen LogP contribution in [0.1, 0.15) is 25.3 Å². The Morgan fingerprint density at radius 3 is 2.73 bits per heavy atom. The molecule has 2 rings (SSSR count). The first-order valence-corrected chi connectivity index (χ1v) is 8.59. The number of halogens is 3. The number of phenols is 1. The number of anilines is 1. The number of nitrogens with one attached hydrogen (secondary N) is 1. The van der Waals surface area contributed by atoms with Crippen LogP contribution in [-0.2, 0) is 11.2 Å². The summed E-state index contributed by atoms with van der Waals surface area (Å²) in [4.78, 5) is 14.2. The van der Waals surface area contributed by atoms with Crippen LogP contribution in [-0.4, -0.2) is 27.7 Å². The molecular weight excluding hydrogens is 386 g/mol. The molecule has 0 unspecified atom stereocenters. The summed E-state index contributed by atoms with van der Waals surface area (Å²) < 4.78 is 19.7. The van der Waals surface area contributed by atoms with Crippen LogP contribution in [0.5, 0.6) is 17.2 Å². The van der Waals surface area contributed by atoms with E-state index in [4.69, 9.17) is 33.0 Å². The molecule has 0 spiro atoms. The lowest BCUT2D eigenvalue weighted by atomic mass is 10.1. The maximum Gasteiger partial charge on any atom is 0.322 e. The number of carbonyl (C=O) groups is 1. The number of nitrogens with zero attached hydrogens (tertiary/aromatic N) is 1. The van der Waals surface area contributed by atoms with Gasteiger partial charge in [0.2, 0.25) is 5.95 Å². The maximum absolute atomic E-state index is 14.0. The van der Waals surface area contributed by atoms with Gasteiger partial charge in [-0.15, -0.1) is 0 Å². The summed E-state index contributed by atoms with van der Waals surface area (Å²) in [5.41, 5.74) is 0.705. The van der Waals surface area contributed by atoms with Crippen LogP contribution in [0, 0.1) is 5.95 Å². The molecular formula is C17H17Cl2FN2O4. The van der Waals surface area contributed by atoms with E-state index < -0.39 is 23.5 Å². The largest absolute Gasteiger partial charge is 0.508 e. The second-order valence-electron chi connectivity index (χ2n) is 5.45. The number of aromatic hydroxyl groups is 1. The standard InChI is InChI=1S/C17H17Cl2FN2O4/c1-2-3-4-9-7-10(23)5-6-11(9)26-15-13(18)16(20)22-17(14(15)19)21-8-12(24)25/h5-7,23H,2-4,8H2,1H3,(H,21,22)(H,24,25). The van der Waals surface area contributed by atoms with Crippen molar-refractivity contribution >= 4 is 35.0 Å². The van der Waals surface area contributed by atoms with Crippen molar-refractivity contribution in [1.29, 1.82) is 0 Å². The van der Waals surface area contributed by atoms with Gasteiger partial charge in [0.15, 0.2) is 11.6 Å². The Kier molecular flexibility index (Phi) is 6.88. The lowest BCUT2D eigenvalue weighted by molar-refractivity contribution is -0.134. The minimum Gasteiger partial charge on any atom is -0.508 e. The molecule has 3 N–H and O–H groups in total. The van der Waals surface area contributed by atoms with E-state index >= 15 is 0 Å². The van der Waals surface area contributed by atoms with Crippen molar-refractivity contribution in [2.45, 2.75) is 26.2 Å². The molecule has 0 saturated carbocycles. The molecule has 0 radical (unpaired) electrons. The molecule has 0 bridgehead atoms. The fourth-order valence-corrected chi connectivity index (χ4v) is 2.66. The summed E-state index contributed by atoms with van der Waals surface area (Å²) in [6, 6.07) is 4.50. The lowest BCUT2D eigenvalue weighted by Gasteiger charge is -2.16. The van der Waals surface area contributed by atoms with E-state index in [1.54, 1.807) is 6.07 Å². The summed E-state index contributed by atoms with van der Waals surface area (Å²) in [7, 11) is 0. The molecule has 0 aliphatic rings. The van der Waals surface area contributed by atoms with Gasteiger partial charge in [-0.2, -0.15) is 9.37 Å². The number of benzene rings is 1. The number of unbranched alkanes of at least 4 members (excludes halogenated alkanes) is 1. The van der Waals surface area contributed by atoms with Crippen molar-refractivity contribution in [2.24, 2.45) is 0 Å². The zero-order valence-electron chi connectivity index (χ0n) is 13.9. The highest BCUT2D eigenvalue weighted by Gasteiger charge is 2.21. The van der Waals surface area contributed by atoms with Crippen molar-refractivity contribution < 1.29 is 24.1 Å². The SMILES string of the molecule is CCCCc1cc(O)ccc1Oc1c(Cl)c(F)nc(NCC(=O)O)c1Cl. The van der Waals surface area contributed by atoms with Gasteiger partial charge in [-0.05, 0) is 36.6 Å². The zero-order valence-corrected chi connectivity index (χ0v) is 15.4. The second kappa shape index (κ2) is 8.91. The van der Waals surface area contributed by atoms with Crippen molar-refractivity contribution in [2.75, 3.05) is 11.9 Å². The highest BCUT2D eigenvalue weighted by atomic mass is 35.5. The number of carboxylic acid groups (broad SMARTS) is 1. The Bertz CT molecular complexity index is 818. The van der Waals surface area contributed by atoms with Gasteiger partial charge in [0, 0.05) is 0 Å². The first kappa shape index (κ1) is 20.1. The maximum atomic E-state index is 14.0. The molecule has 1 aromatic carbocycles. The van der Waals surface area contributed by atoms with E-state index in [0.717, 1.165) is 12.8 Å². The normalized spacial score (nSPS) is 10.6. The number of aromatic nitrogens is 1. The third-order valence-corrected chi connectivity index (χ3v) is 4.14. The Balaban J connectivity index is 2.41. The van der Waals surface area contributed by atoms with Gasteiger partial charge in [-0.1, -0.05) is 36.5 Å². The van der Waals surface area contributed by atoms with Crippen LogP contribution in [0.4, 0.5) is 10.2 Å². The number of pyridine rings is 1. The van der Waals surface area contributed by atoms with Crippen LogP contribution in [0.25, 0.3) is 0 Å². The smallest absolute Gasteiger partial charge is 0.322 e. The van der Waals surface area contributed by atoms with Crippen LogP contribution >= 0.6 is 23.2 Å². The molecule has 0 fully saturated rings. The Labute approximate surface area is 159 Å². The van der Waals surface area contributed by atoms with Crippen molar-refractivity contribution in [1.82, 2.24) is 4.98 Å². The fraction of sp³-hybridized carbons (Fsp3) is 0.294. The lowest BCUT2D eigenvalue weighted by Crippen LogP contribution is -2.14. The van der Waals surface area contributed by atoms with Crippen molar-refractivity contribution in [3.05, 3.63) is 39.8 Å².